The van der Waals surface area contributed by atoms with Gasteiger partial charge in [-0.3, -0.25) is 8.75 Å². The molecule has 1 aromatic heterocycles. The van der Waals surface area contributed by atoms with Crippen LogP contribution in [-0.4, -0.2) is 57.8 Å². The van der Waals surface area contributed by atoms with Crippen LogP contribution in [0.3, 0.4) is 0 Å². The molecular formula is C26H35N2O8PS. The summed E-state index contributed by atoms with van der Waals surface area (Å²) in [6.45, 7) is 9.34. The molecule has 1 amide bonds. The number of nitrogens with one attached hydrogen (secondary N) is 1. The smallest absolute Gasteiger partial charge is 0.407 e. The van der Waals surface area contributed by atoms with Crippen LogP contribution in [0.25, 0.3) is 0 Å². The number of aromatic nitrogens is 1. The van der Waals surface area contributed by atoms with E-state index in [4.69, 9.17) is 18.2 Å². The number of nitrogens with zero attached hydrogens (tertiary/aromatic N) is 1. The standard InChI is InChI=1S/C26H35N2O8PS/c1-7-34-37(5,30)24-18-21(17-22(28-24)19-35-38(6,31)32)10-9-20-11-13-23(14-12-20)33-16-8-15-27-25(29)36-26(2,3)4/h11-14,17-18H,7-8,15-16,19H2,1-6H3,(H,27,29). The molecule has 0 spiro atoms. The summed E-state index contributed by atoms with van der Waals surface area (Å²) in [5.41, 5.74) is 1.11. The normalized spacial score (nSPS) is 13.1. The van der Waals surface area contributed by atoms with E-state index in [1.807, 2.05) is 0 Å². The molecule has 1 unspecified atom stereocenters. The van der Waals surface area contributed by atoms with Gasteiger partial charge >= 0.3 is 6.09 Å². The highest BCUT2D eigenvalue weighted by molar-refractivity contribution is 7.85. The van der Waals surface area contributed by atoms with Crippen molar-refractivity contribution in [3.8, 4) is 17.6 Å². The van der Waals surface area contributed by atoms with Crippen molar-refractivity contribution in [3.05, 3.63) is 53.2 Å². The van der Waals surface area contributed by atoms with E-state index in [2.05, 4.69) is 22.1 Å². The van der Waals surface area contributed by atoms with E-state index in [9.17, 15) is 17.8 Å². The molecule has 0 saturated carbocycles. The van der Waals surface area contributed by atoms with Gasteiger partial charge in [-0.2, -0.15) is 8.42 Å². The Bertz CT molecular complexity index is 1310. The molecule has 0 aliphatic heterocycles. The lowest BCUT2D eigenvalue weighted by atomic mass is 10.2. The molecule has 10 nitrogen and oxygen atoms in total. The van der Waals surface area contributed by atoms with Crippen LogP contribution < -0.4 is 15.5 Å². The molecule has 2 aromatic rings. The topological polar surface area (TPSA) is 130 Å². The Labute approximate surface area is 225 Å². The Hall–Kier alpha value is -2.90. The van der Waals surface area contributed by atoms with Crippen molar-refractivity contribution in [2.75, 3.05) is 32.7 Å². The van der Waals surface area contributed by atoms with Crippen molar-refractivity contribution < 1.29 is 36.0 Å². The minimum Gasteiger partial charge on any atom is -0.494 e. The van der Waals surface area contributed by atoms with Crippen molar-refractivity contribution >= 4 is 29.0 Å². The SMILES string of the molecule is CCOP(C)(=O)c1cc(C#Cc2ccc(OCCCNC(=O)OC(C)(C)C)cc2)cc(COS(C)(=O)=O)n1. The van der Waals surface area contributed by atoms with E-state index in [0.717, 1.165) is 6.26 Å². The number of hydrogen-bond donors (Lipinski definition) is 1. The zero-order valence-electron chi connectivity index (χ0n) is 22.6. The summed E-state index contributed by atoms with van der Waals surface area (Å²) in [6, 6.07) is 10.3. The maximum Gasteiger partial charge on any atom is 0.407 e. The van der Waals surface area contributed by atoms with Crippen LogP contribution in [-0.2, 0) is 34.7 Å². The van der Waals surface area contributed by atoms with Gasteiger partial charge in [-0.1, -0.05) is 11.8 Å². The Kier molecular flexibility index (Phi) is 11.3. The number of benzene rings is 1. The second-order valence-electron chi connectivity index (χ2n) is 9.34. The number of rotatable bonds is 11. The van der Waals surface area contributed by atoms with Crippen LogP contribution in [0.15, 0.2) is 36.4 Å². The van der Waals surface area contributed by atoms with E-state index in [-0.39, 0.29) is 24.3 Å². The Morgan fingerprint density at radius 1 is 1.11 bits per heavy atom. The van der Waals surface area contributed by atoms with Gasteiger partial charge in [0, 0.05) is 24.3 Å². The van der Waals surface area contributed by atoms with Crippen molar-refractivity contribution in [1.29, 1.82) is 0 Å². The number of pyridine rings is 1. The van der Waals surface area contributed by atoms with Crippen molar-refractivity contribution in [3.63, 3.8) is 0 Å². The first kappa shape index (κ1) is 31.3. The molecule has 0 bridgehead atoms. The Morgan fingerprint density at radius 3 is 2.37 bits per heavy atom. The van der Waals surface area contributed by atoms with E-state index in [0.29, 0.717) is 36.4 Å². The van der Waals surface area contributed by atoms with Gasteiger partial charge in [-0.25, -0.2) is 9.78 Å². The van der Waals surface area contributed by atoms with Crippen molar-refractivity contribution in [1.82, 2.24) is 10.3 Å². The van der Waals surface area contributed by atoms with E-state index in [1.165, 1.54) is 6.66 Å². The number of hydrogen-bond acceptors (Lipinski definition) is 9. The third kappa shape index (κ3) is 12.1. The molecule has 1 atom stereocenters. The summed E-state index contributed by atoms with van der Waals surface area (Å²) in [5.74, 6) is 6.67. The second kappa shape index (κ2) is 13.8. The monoisotopic (exact) mass is 566 g/mol. The highest BCUT2D eigenvalue weighted by atomic mass is 32.2. The van der Waals surface area contributed by atoms with Crippen LogP contribution in [0.1, 0.15) is 50.9 Å². The molecule has 1 aromatic carbocycles. The summed E-state index contributed by atoms with van der Waals surface area (Å²) in [6.07, 6.45) is 1.09. The van der Waals surface area contributed by atoms with E-state index >= 15 is 0 Å². The van der Waals surface area contributed by atoms with E-state index in [1.54, 1.807) is 64.1 Å². The molecule has 208 valence electrons. The lowest BCUT2D eigenvalue weighted by Crippen LogP contribution is -2.33. The molecule has 0 aliphatic rings. The average molecular weight is 567 g/mol. The van der Waals surface area contributed by atoms with Crippen LogP contribution in [0, 0.1) is 11.8 Å². The zero-order chi connectivity index (χ0) is 28.4. The first-order chi connectivity index (χ1) is 17.7. The van der Waals surface area contributed by atoms with Crippen molar-refractivity contribution in [2.45, 2.75) is 46.3 Å². The predicted octanol–water partition coefficient (Wildman–Crippen LogP) is 3.82. The summed E-state index contributed by atoms with van der Waals surface area (Å²) in [4.78, 5) is 15.9. The summed E-state index contributed by atoms with van der Waals surface area (Å²) >= 11 is 0. The van der Waals surface area contributed by atoms with Gasteiger partial charge in [-0.05, 0) is 70.5 Å². The van der Waals surface area contributed by atoms with Crippen LogP contribution in [0.2, 0.25) is 0 Å². The number of ether oxygens (including phenoxy) is 2. The Balaban J connectivity index is 2.03. The lowest BCUT2D eigenvalue weighted by molar-refractivity contribution is 0.0525. The number of carbonyl (C=O) groups excluding carboxylic acids is 1. The van der Waals surface area contributed by atoms with Crippen LogP contribution >= 0.6 is 7.37 Å². The fourth-order valence-electron chi connectivity index (χ4n) is 2.95. The maximum atomic E-state index is 12.9. The number of carbonyl (C=O) groups is 1. The molecule has 0 saturated heterocycles. The average Bonchev–Trinajstić information content (AvgIpc) is 2.80. The largest absolute Gasteiger partial charge is 0.494 e. The highest BCUT2D eigenvalue weighted by Crippen LogP contribution is 2.40. The summed E-state index contributed by atoms with van der Waals surface area (Å²) in [7, 11) is -6.91. The van der Waals surface area contributed by atoms with Gasteiger partial charge in [0.25, 0.3) is 10.1 Å². The fourth-order valence-corrected chi connectivity index (χ4v) is 4.60. The van der Waals surface area contributed by atoms with Gasteiger partial charge in [0.1, 0.15) is 23.4 Å². The molecule has 38 heavy (non-hydrogen) atoms. The molecule has 0 fully saturated rings. The third-order valence-corrected chi connectivity index (χ3v) is 6.90. The van der Waals surface area contributed by atoms with Crippen LogP contribution in [0.5, 0.6) is 5.75 Å². The third-order valence-electron chi connectivity index (χ3n) is 4.54. The molecule has 0 aliphatic carbocycles. The quantitative estimate of drug-likeness (QED) is 0.187. The minimum atomic E-state index is -3.69. The predicted molar refractivity (Wildman–Crippen MR) is 145 cm³/mol. The van der Waals surface area contributed by atoms with Gasteiger partial charge in [0.05, 0.1) is 25.2 Å². The number of amides is 1. The first-order valence-electron chi connectivity index (χ1n) is 12.0. The molecule has 12 heteroatoms. The molecule has 2 rings (SSSR count). The summed E-state index contributed by atoms with van der Waals surface area (Å²) in [5, 5.41) is 2.68. The van der Waals surface area contributed by atoms with Gasteiger partial charge in [-0.15, -0.1) is 0 Å². The minimum absolute atomic E-state index is 0.183. The molecule has 0 radical (unpaired) electrons. The second-order valence-corrected chi connectivity index (χ2v) is 13.4. The highest BCUT2D eigenvalue weighted by Gasteiger charge is 2.22. The molecular weight excluding hydrogens is 531 g/mol. The Morgan fingerprint density at radius 2 is 1.76 bits per heavy atom. The molecule has 1 N–H and O–H groups in total. The maximum absolute atomic E-state index is 12.9. The van der Waals surface area contributed by atoms with E-state index < -0.39 is 29.2 Å². The molecule has 1 heterocycles. The van der Waals surface area contributed by atoms with Gasteiger partial charge in [0.2, 0.25) is 7.37 Å². The zero-order valence-corrected chi connectivity index (χ0v) is 24.3. The van der Waals surface area contributed by atoms with Gasteiger partial charge in [0.15, 0.2) is 0 Å². The van der Waals surface area contributed by atoms with Gasteiger partial charge < -0.3 is 19.3 Å². The lowest BCUT2D eigenvalue weighted by Gasteiger charge is -2.19. The number of alkyl carbamates (subject to hydrolysis) is 1. The fraction of sp³-hybridized carbons (Fsp3) is 0.462. The van der Waals surface area contributed by atoms with Crippen molar-refractivity contribution in [2.24, 2.45) is 0 Å². The summed E-state index contributed by atoms with van der Waals surface area (Å²) < 4.78 is 56.8. The van der Waals surface area contributed by atoms with Crippen LogP contribution in [0.4, 0.5) is 4.79 Å². The first-order valence-corrected chi connectivity index (χ1v) is 15.9.